The van der Waals surface area contributed by atoms with E-state index in [2.05, 4.69) is 79.2 Å². The van der Waals surface area contributed by atoms with E-state index in [1.807, 2.05) is 25.3 Å². The summed E-state index contributed by atoms with van der Waals surface area (Å²) in [6, 6.07) is 11.7. The van der Waals surface area contributed by atoms with Crippen LogP contribution < -0.4 is 21.0 Å². The van der Waals surface area contributed by atoms with Gasteiger partial charge in [0.1, 0.15) is 18.1 Å². The maximum absolute atomic E-state index is 15.4. The number of aryl methyl sites for hydroxylation is 1. The van der Waals surface area contributed by atoms with Gasteiger partial charge in [-0.15, -0.1) is 0 Å². The van der Waals surface area contributed by atoms with Crippen LogP contribution in [0.1, 0.15) is 146 Å². The number of methoxy groups -OCH3 is 1. The van der Waals surface area contributed by atoms with E-state index in [-0.39, 0.29) is 60.4 Å². The highest BCUT2D eigenvalue weighted by atomic mass is 19.3. The van der Waals surface area contributed by atoms with Gasteiger partial charge < -0.3 is 29.2 Å². The number of pyridine rings is 1. The average Bonchev–Trinajstić information content (AvgIpc) is 2.09. The zero-order valence-corrected chi connectivity index (χ0v) is 50.1. The van der Waals surface area contributed by atoms with Gasteiger partial charge >= 0.3 is 5.97 Å². The molecule has 7 aliphatic heterocycles. The summed E-state index contributed by atoms with van der Waals surface area (Å²) in [5, 5.41) is 9.13. The number of fused-ring (bicyclic) bond motifs is 7. The molecule has 6 saturated heterocycles. The number of piperidine rings is 1. The number of alkyl halides is 2. The first-order valence-corrected chi connectivity index (χ1v) is 32.0. The van der Waals surface area contributed by atoms with E-state index in [0.29, 0.717) is 74.6 Å². The third-order valence-corrected chi connectivity index (χ3v) is 21.0. The molecule has 2 saturated carbocycles. The summed E-state index contributed by atoms with van der Waals surface area (Å²) in [5.74, 6) is -0.236. The molecule has 18 heteroatoms. The van der Waals surface area contributed by atoms with E-state index in [1.165, 1.54) is 43.2 Å². The Labute approximate surface area is 494 Å². The second kappa shape index (κ2) is 23.3. The number of amides is 3. The molecule has 2 aromatic heterocycles. The Morgan fingerprint density at radius 2 is 1.70 bits per heavy atom. The summed E-state index contributed by atoms with van der Waals surface area (Å²) in [6.07, 6.45) is 11.9. The Morgan fingerprint density at radius 3 is 2.49 bits per heavy atom. The van der Waals surface area contributed by atoms with Gasteiger partial charge in [0.2, 0.25) is 11.8 Å². The largest absolute Gasteiger partial charge is 0.464 e. The van der Waals surface area contributed by atoms with Crippen LogP contribution in [0.25, 0.3) is 33.3 Å². The molecule has 6 bridgehead atoms. The van der Waals surface area contributed by atoms with Crippen molar-refractivity contribution in [3.63, 3.8) is 0 Å². The van der Waals surface area contributed by atoms with Gasteiger partial charge in [-0.2, -0.15) is 0 Å². The number of hydrazine groups is 1. The van der Waals surface area contributed by atoms with E-state index in [1.54, 1.807) is 13.2 Å². The highest BCUT2D eigenvalue weighted by molar-refractivity contribution is 5.96. The van der Waals surface area contributed by atoms with E-state index >= 15 is 18.4 Å². The molecule has 0 radical (unpaired) electrons. The molecule has 8 fully saturated rings. The number of rotatable bonds is 12. The van der Waals surface area contributed by atoms with Gasteiger partial charge in [-0.05, 0) is 156 Å². The Morgan fingerprint density at radius 1 is 0.893 bits per heavy atom. The number of esters is 1. The van der Waals surface area contributed by atoms with Crippen molar-refractivity contribution in [2.24, 2.45) is 22.7 Å². The molecule has 1 spiro atoms. The predicted octanol–water partition coefficient (Wildman–Crippen LogP) is 8.59. The molecule has 84 heavy (non-hydrogen) atoms. The molecular weight excluding hydrogens is 1070 g/mol. The Hall–Kier alpha value is -5.53. The molecule has 452 valence electrons. The Balaban J connectivity index is 0.865. The quantitative estimate of drug-likeness (QED) is 0.0915. The fourth-order valence-electron chi connectivity index (χ4n) is 16.1. The molecule has 9 aliphatic rings. The SMILES string of the molecule is CCn1c(-c2cc(N3CCN4CCCC[C@@H]4C3)cnc2[C@H](C)OC)c2c3cc(ccc31)-c1cc(cc(C(F)F)c1)C[C@H](NC(=O)C(C1CCCC1)N1CC[C@]3(CCN(C(=O)[C@@H]4NC4C4CC4)C3)C1)C(=O)N1CCC[C@H](N1)C(=O)OCC(C)(C)C2. The van der Waals surface area contributed by atoms with Crippen LogP contribution in [0.3, 0.4) is 0 Å². The third kappa shape index (κ3) is 11.4. The van der Waals surface area contributed by atoms with Crippen LogP contribution >= 0.6 is 0 Å². The van der Waals surface area contributed by atoms with Gasteiger partial charge in [-0.3, -0.25) is 44.3 Å². The summed E-state index contributed by atoms with van der Waals surface area (Å²) in [7, 11) is 1.71. The minimum absolute atomic E-state index is 0.0570. The number of anilines is 1. The molecule has 2 aliphatic carbocycles. The van der Waals surface area contributed by atoms with Crippen LogP contribution in [-0.4, -0.2) is 162 Å². The summed E-state index contributed by atoms with van der Waals surface area (Å²) in [6.45, 7) is 16.2. The lowest BCUT2D eigenvalue weighted by atomic mass is 9.84. The molecule has 3 N–H and O–H groups in total. The molecule has 9 heterocycles. The number of piperazine rings is 1. The second-order valence-corrected chi connectivity index (χ2v) is 27.5. The molecule has 16 nitrogen and oxygen atoms in total. The number of likely N-dealkylation sites (tertiary alicyclic amines) is 2. The number of hydrogen-bond donors (Lipinski definition) is 3. The number of halogens is 2. The smallest absolute Gasteiger partial charge is 0.324 e. The molecule has 13 rings (SSSR count). The van der Waals surface area contributed by atoms with Crippen molar-refractivity contribution < 1.29 is 37.4 Å². The fraction of sp³-hybridized carbons (Fsp3) is 0.652. The van der Waals surface area contributed by atoms with Crippen LogP contribution in [0.2, 0.25) is 0 Å². The summed E-state index contributed by atoms with van der Waals surface area (Å²) >= 11 is 0. The van der Waals surface area contributed by atoms with Gasteiger partial charge in [0.15, 0.2) is 0 Å². The molecule has 4 aromatic rings. The van der Waals surface area contributed by atoms with Crippen molar-refractivity contribution in [1.82, 2.24) is 45.3 Å². The zero-order chi connectivity index (χ0) is 58.2. The highest BCUT2D eigenvalue weighted by Gasteiger charge is 2.55. The molecule has 2 unspecified atom stereocenters. The standard InChI is InChI=1S/C66H88F2N10O6/c1-6-77-54-19-18-44-32-49(54)51(59(77)50-33-48(35-69-55(50)40(2)83-5)74-27-26-73-22-10-9-14-47(73)36-74)34-65(3,4)39-84-64(82)52-15-11-23-78(72-52)62(80)53(30-41-28-45(44)31-46(29-41)60(67)68)70-61(79)58(43-12-7-8-13-43)75-24-20-66(37-75)21-25-76(38-66)63(81)57-56(71-57)42-16-17-42/h18-19,28-29,31-33,35,40,42-43,47,52-53,56-58,60,71-72H,6-17,20-27,30,34,36-39H2,1-5H3,(H,70,79)/t40-,47+,52-,53-,56?,57+,58?,66-/m0/s1. The summed E-state index contributed by atoms with van der Waals surface area (Å²) in [4.78, 5) is 73.4. The number of ether oxygens (including phenoxy) is 2. The van der Waals surface area contributed by atoms with E-state index in [9.17, 15) is 9.59 Å². The third-order valence-electron chi connectivity index (χ3n) is 21.0. The molecule has 2 aromatic carbocycles. The normalized spacial score (nSPS) is 28.7. The van der Waals surface area contributed by atoms with Crippen LogP contribution in [-0.2, 0) is 48.0 Å². The Bertz CT molecular complexity index is 3160. The number of nitrogens with zero attached hydrogens (tertiary/aromatic N) is 7. The van der Waals surface area contributed by atoms with E-state index < -0.39 is 41.8 Å². The number of benzene rings is 2. The molecule has 3 amide bonds. The monoisotopic (exact) mass is 1150 g/mol. The minimum atomic E-state index is -2.81. The Kier molecular flexibility index (Phi) is 16.0. The maximum Gasteiger partial charge on any atom is 0.324 e. The highest BCUT2D eigenvalue weighted by Crippen LogP contribution is 2.47. The number of cyclic esters (lactones) is 1. The number of hydrogen-bond acceptors (Lipinski definition) is 12. The fourth-order valence-corrected chi connectivity index (χ4v) is 16.1. The van der Waals surface area contributed by atoms with E-state index in [4.69, 9.17) is 14.5 Å². The summed E-state index contributed by atoms with van der Waals surface area (Å²) in [5.41, 5.74) is 10.00. The van der Waals surface area contributed by atoms with Crippen molar-refractivity contribution in [3.05, 3.63) is 71.0 Å². The second-order valence-electron chi connectivity index (χ2n) is 27.5. The average molecular weight is 1160 g/mol. The first kappa shape index (κ1) is 57.5. The minimum Gasteiger partial charge on any atom is -0.464 e. The van der Waals surface area contributed by atoms with Crippen LogP contribution in [0.15, 0.2) is 48.7 Å². The zero-order valence-electron chi connectivity index (χ0n) is 50.1. The van der Waals surface area contributed by atoms with Crippen molar-refractivity contribution >= 4 is 40.3 Å². The lowest BCUT2D eigenvalue weighted by Crippen LogP contribution is -2.62. The number of carbonyl (C=O) groups is 4. The number of aromatic nitrogens is 2. The lowest BCUT2D eigenvalue weighted by molar-refractivity contribution is -0.155. The number of carbonyl (C=O) groups excluding carboxylic acids is 4. The van der Waals surface area contributed by atoms with Crippen molar-refractivity contribution in [3.8, 4) is 22.4 Å². The van der Waals surface area contributed by atoms with Crippen molar-refractivity contribution in [2.45, 2.75) is 179 Å². The predicted molar refractivity (Wildman–Crippen MR) is 319 cm³/mol. The van der Waals surface area contributed by atoms with E-state index in [0.717, 1.165) is 116 Å². The van der Waals surface area contributed by atoms with Gasteiger partial charge in [-0.1, -0.05) is 51.3 Å². The molecule has 8 atom stereocenters. The molecular formula is C66H88F2N10O6. The van der Waals surface area contributed by atoms with Gasteiger partial charge in [-0.25, -0.2) is 14.2 Å². The van der Waals surface area contributed by atoms with Gasteiger partial charge in [0.25, 0.3) is 12.3 Å². The first-order valence-electron chi connectivity index (χ1n) is 32.0. The summed E-state index contributed by atoms with van der Waals surface area (Å²) < 4.78 is 45.6. The van der Waals surface area contributed by atoms with Gasteiger partial charge in [0.05, 0.1) is 42.0 Å². The topological polar surface area (TPSA) is 167 Å². The van der Waals surface area contributed by atoms with Crippen molar-refractivity contribution in [1.29, 1.82) is 0 Å². The lowest BCUT2D eigenvalue weighted by Gasteiger charge is -2.45. The van der Waals surface area contributed by atoms with Gasteiger partial charge in [0, 0.05) is 111 Å². The van der Waals surface area contributed by atoms with Crippen LogP contribution in [0.4, 0.5) is 14.5 Å². The van der Waals surface area contributed by atoms with Crippen LogP contribution in [0, 0.1) is 22.7 Å². The van der Waals surface area contributed by atoms with Crippen LogP contribution in [0.5, 0.6) is 0 Å². The maximum atomic E-state index is 15.4. The first-order chi connectivity index (χ1) is 40.6. The van der Waals surface area contributed by atoms with Crippen molar-refractivity contribution in [2.75, 3.05) is 77.5 Å². The number of nitrogens with one attached hydrogen (secondary N) is 3.